The second kappa shape index (κ2) is 6.79. The number of nitrogens with one attached hydrogen (secondary N) is 1. The van der Waals surface area contributed by atoms with Gasteiger partial charge in [-0.2, -0.15) is 0 Å². The number of nitrogens with zero attached hydrogens (tertiary/aromatic N) is 1. The Hall–Kier alpha value is -1.02. The molecule has 1 aliphatic carbocycles. The first-order valence-corrected chi connectivity index (χ1v) is 7.27. The molecule has 0 saturated heterocycles. The zero-order valence-corrected chi connectivity index (χ0v) is 11.8. The fourth-order valence-electron chi connectivity index (χ4n) is 2.84. The quantitative estimate of drug-likeness (QED) is 0.852. The highest BCUT2D eigenvalue weighted by atomic mass is 15.1. The first-order chi connectivity index (χ1) is 8.77. The summed E-state index contributed by atoms with van der Waals surface area (Å²) in [6.07, 6.45) is 7.05. The van der Waals surface area contributed by atoms with Crippen molar-refractivity contribution in [1.82, 2.24) is 4.90 Å². The summed E-state index contributed by atoms with van der Waals surface area (Å²) in [4.78, 5) is 2.53. The molecule has 2 nitrogen and oxygen atoms in total. The molecule has 0 spiro atoms. The topological polar surface area (TPSA) is 15.3 Å². The van der Waals surface area contributed by atoms with Crippen molar-refractivity contribution < 1.29 is 0 Å². The summed E-state index contributed by atoms with van der Waals surface area (Å²) in [5, 5.41) is 3.54. The van der Waals surface area contributed by atoms with Crippen LogP contribution in [-0.2, 0) is 0 Å². The van der Waals surface area contributed by atoms with Crippen LogP contribution in [0.1, 0.15) is 37.7 Å². The monoisotopic (exact) mass is 246 g/mol. The minimum atomic E-state index is 0.817. The van der Waals surface area contributed by atoms with Crippen molar-refractivity contribution >= 4 is 5.69 Å². The van der Waals surface area contributed by atoms with E-state index in [1.807, 2.05) is 0 Å². The van der Waals surface area contributed by atoms with E-state index in [2.05, 4.69) is 48.5 Å². The van der Waals surface area contributed by atoms with Crippen LogP contribution < -0.4 is 5.32 Å². The van der Waals surface area contributed by atoms with Gasteiger partial charge in [0.1, 0.15) is 0 Å². The summed E-state index contributed by atoms with van der Waals surface area (Å²) >= 11 is 0. The molecule has 0 aliphatic heterocycles. The van der Waals surface area contributed by atoms with Gasteiger partial charge in [-0.3, -0.25) is 0 Å². The molecule has 1 saturated carbocycles. The highest BCUT2D eigenvalue weighted by molar-refractivity contribution is 5.50. The molecule has 1 aromatic carbocycles. The predicted octanol–water partition coefficient (Wildman–Crippen LogP) is 3.67. The lowest BCUT2D eigenvalue weighted by Gasteiger charge is -2.31. The van der Waals surface area contributed by atoms with Gasteiger partial charge in [0.15, 0.2) is 0 Å². The molecule has 18 heavy (non-hydrogen) atoms. The Labute approximate surface area is 111 Å². The Balaban J connectivity index is 1.73. The third-order valence-corrected chi connectivity index (χ3v) is 4.12. The molecule has 0 aromatic heterocycles. The number of hydrogen-bond donors (Lipinski definition) is 1. The van der Waals surface area contributed by atoms with Crippen molar-refractivity contribution in [1.29, 1.82) is 0 Å². The Morgan fingerprint density at radius 2 is 1.89 bits per heavy atom. The minimum absolute atomic E-state index is 0.817. The lowest BCUT2D eigenvalue weighted by atomic mass is 9.94. The number of likely N-dealkylation sites (N-methyl/N-ethyl adjacent to an activating group) is 1. The van der Waals surface area contributed by atoms with Gasteiger partial charge in [0, 0.05) is 24.8 Å². The van der Waals surface area contributed by atoms with Gasteiger partial charge in [-0.1, -0.05) is 37.5 Å². The second-order valence-corrected chi connectivity index (χ2v) is 5.51. The Morgan fingerprint density at radius 3 is 2.61 bits per heavy atom. The number of anilines is 1. The lowest BCUT2D eigenvalue weighted by molar-refractivity contribution is 0.198. The van der Waals surface area contributed by atoms with Crippen LogP contribution in [0.2, 0.25) is 0 Å². The molecule has 100 valence electrons. The van der Waals surface area contributed by atoms with Crippen LogP contribution in [-0.4, -0.2) is 31.1 Å². The smallest absolute Gasteiger partial charge is 0.0370 e. The molecule has 1 N–H and O–H groups in total. The average Bonchev–Trinajstić information content (AvgIpc) is 2.42. The third-order valence-electron chi connectivity index (χ3n) is 4.12. The number of benzene rings is 1. The minimum Gasteiger partial charge on any atom is -0.384 e. The fourth-order valence-corrected chi connectivity index (χ4v) is 2.84. The molecule has 0 bridgehead atoms. The summed E-state index contributed by atoms with van der Waals surface area (Å²) < 4.78 is 0. The van der Waals surface area contributed by atoms with Gasteiger partial charge < -0.3 is 10.2 Å². The van der Waals surface area contributed by atoms with E-state index >= 15 is 0 Å². The number of aryl methyl sites for hydroxylation is 1. The van der Waals surface area contributed by atoms with Crippen molar-refractivity contribution in [3.8, 4) is 0 Å². The molecule has 2 heteroatoms. The van der Waals surface area contributed by atoms with Crippen molar-refractivity contribution in [3.05, 3.63) is 29.8 Å². The van der Waals surface area contributed by atoms with Crippen LogP contribution in [0.5, 0.6) is 0 Å². The van der Waals surface area contributed by atoms with Crippen LogP contribution in [0.3, 0.4) is 0 Å². The van der Waals surface area contributed by atoms with E-state index in [0.29, 0.717) is 0 Å². The highest BCUT2D eigenvalue weighted by Crippen LogP contribution is 2.21. The van der Waals surface area contributed by atoms with Gasteiger partial charge in [0.2, 0.25) is 0 Å². The molecule has 0 atom stereocenters. The zero-order chi connectivity index (χ0) is 12.8. The van der Waals surface area contributed by atoms with Gasteiger partial charge in [0.05, 0.1) is 0 Å². The van der Waals surface area contributed by atoms with Crippen molar-refractivity contribution in [3.63, 3.8) is 0 Å². The summed E-state index contributed by atoms with van der Waals surface area (Å²) in [6.45, 7) is 4.34. The van der Waals surface area contributed by atoms with E-state index in [1.54, 1.807) is 0 Å². The number of para-hydroxylation sites is 1. The largest absolute Gasteiger partial charge is 0.384 e. The molecule has 2 rings (SSSR count). The normalized spacial score (nSPS) is 17.1. The number of hydrogen-bond acceptors (Lipinski definition) is 2. The van der Waals surface area contributed by atoms with Crippen LogP contribution >= 0.6 is 0 Å². The maximum Gasteiger partial charge on any atom is 0.0370 e. The van der Waals surface area contributed by atoms with Gasteiger partial charge in [-0.15, -0.1) is 0 Å². The molecule has 1 aromatic rings. The predicted molar refractivity (Wildman–Crippen MR) is 79.2 cm³/mol. The summed E-state index contributed by atoms with van der Waals surface area (Å²) in [5.41, 5.74) is 2.60. The summed E-state index contributed by atoms with van der Waals surface area (Å²) in [5.74, 6) is 0. The van der Waals surface area contributed by atoms with E-state index in [4.69, 9.17) is 0 Å². The Kier molecular flexibility index (Phi) is 5.06. The van der Waals surface area contributed by atoms with Gasteiger partial charge in [-0.25, -0.2) is 0 Å². The second-order valence-electron chi connectivity index (χ2n) is 5.51. The maximum atomic E-state index is 3.54. The van der Waals surface area contributed by atoms with E-state index < -0.39 is 0 Å². The Morgan fingerprint density at radius 1 is 1.17 bits per heavy atom. The van der Waals surface area contributed by atoms with Crippen LogP contribution in [0, 0.1) is 6.92 Å². The van der Waals surface area contributed by atoms with Crippen LogP contribution in [0.4, 0.5) is 5.69 Å². The van der Waals surface area contributed by atoms with E-state index in [9.17, 15) is 0 Å². The molecule has 0 unspecified atom stereocenters. The van der Waals surface area contributed by atoms with E-state index in [1.165, 1.54) is 43.4 Å². The summed E-state index contributed by atoms with van der Waals surface area (Å²) in [6, 6.07) is 9.33. The van der Waals surface area contributed by atoms with Gasteiger partial charge in [0.25, 0.3) is 0 Å². The van der Waals surface area contributed by atoms with Gasteiger partial charge >= 0.3 is 0 Å². The van der Waals surface area contributed by atoms with Crippen molar-refractivity contribution in [2.24, 2.45) is 0 Å². The molecule has 0 radical (unpaired) electrons. The maximum absolute atomic E-state index is 3.54. The SMILES string of the molecule is Cc1ccccc1NCCN(C)C1CCCCC1. The lowest BCUT2D eigenvalue weighted by Crippen LogP contribution is -2.36. The van der Waals surface area contributed by atoms with Crippen LogP contribution in [0.25, 0.3) is 0 Å². The first kappa shape index (κ1) is 13.4. The highest BCUT2D eigenvalue weighted by Gasteiger charge is 2.17. The van der Waals surface area contributed by atoms with Crippen molar-refractivity contribution in [2.75, 3.05) is 25.5 Å². The van der Waals surface area contributed by atoms with E-state index in [0.717, 1.165) is 19.1 Å². The third kappa shape index (κ3) is 3.74. The van der Waals surface area contributed by atoms with Crippen LogP contribution in [0.15, 0.2) is 24.3 Å². The standard InChI is InChI=1S/C16H26N2/c1-14-8-6-7-11-16(14)17-12-13-18(2)15-9-4-3-5-10-15/h6-8,11,15,17H,3-5,9-10,12-13H2,1-2H3. The molecule has 0 heterocycles. The zero-order valence-electron chi connectivity index (χ0n) is 11.8. The fraction of sp³-hybridized carbons (Fsp3) is 0.625. The Bertz CT molecular complexity index is 356. The van der Waals surface area contributed by atoms with E-state index in [-0.39, 0.29) is 0 Å². The summed E-state index contributed by atoms with van der Waals surface area (Å²) in [7, 11) is 2.27. The molecule has 1 aliphatic rings. The first-order valence-electron chi connectivity index (χ1n) is 7.27. The number of rotatable bonds is 5. The molecular formula is C16H26N2. The van der Waals surface area contributed by atoms with Crippen molar-refractivity contribution in [2.45, 2.75) is 45.1 Å². The molecule has 1 fully saturated rings. The average molecular weight is 246 g/mol. The molecule has 0 amide bonds. The molecular weight excluding hydrogens is 220 g/mol. The van der Waals surface area contributed by atoms with Gasteiger partial charge in [-0.05, 0) is 38.4 Å².